The van der Waals surface area contributed by atoms with Gasteiger partial charge < -0.3 is 19.5 Å². The number of benzene rings is 3. The smallest absolute Gasteiger partial charge is 0.415 e. The summed E-state index contributed by atoms with van der Waals surface area (Å²) in [6.45, 7) is 3.12. The van der Waals surface area contributed by atoms with Crippen molar-refractivity contribution in [2.45, 2.75) is 30.8 Å². The Morgan fingerprint density at radius 3 is 2.33 bits per heavy atom. The normalized spacial score (nSPS) is 17.1. The predicted octanol–water partition coefficient (Wildman–Crippen LogP) is 5.96. The SMILES string of the molecule is CSc1ccc(C(=O)[C@@H]2CN(C(=O)Oc3ccccc3)C[C@H]2Cc2ccc(OC(C)(C)C(=O)O)c(F)c2)cc1. The first-order valence-electron chi connectivity index (χ1n) is 12.5. The summed E-state index contributed by atoms with van der Waals surface area (Å²) < 4.78 is 25.8. The molecule has 1 saturated heterocycles. The van der Waals surface area contributed by atoms with E-state index < -0.39 is 29.4 Å². The maximum absolute atomic E-state index is 14.9. The van der Waals surface area contributed by atoms with Crippen LogP contribution in [-0.2, 0) is 11.2 Å². The van der Waals surface area contributed by atoms with Crippen molar-refractivity contribution in [1.82, 2.24) is 4.90 Å². The molecule has 39 heavy (non-hydrogen) atoms. The summed E-state index contributed by atoms with van der Waals surface area (Å²) in [7, 11) is 0. The Morgan fingerprint density at radius 2 is 1.72 bits per heavy atom. The molecule has 1 aliphatic heterocycles. The first-order valence-corrected chi connectivity index (χ1v) is 13.7. The molecule has 1 heterocycles. The molecule has 0 unspecified atom stereocenters. The Bertz CT molecular complexity index is 1350. The zero-order valence-corrected chi connectivity index (χ0v) is 22.7. The number of ether oxygens (including phenoxy) is 2. The molecule has 0 saturated carbocycles. The number of carboxylic acids is 1. The lowest BCUT2D eigenvalue weighted by Crippen LogP contribution is -2.38. The van der Waals surface area contributed by atoms with Crippen LogP contribution in [0.5, 0.6) is 11.5 Å². The predicted molar refractivity (Wildman–Crippen MR) is 146 cm³/mol. The summed E-state index contributed by atoms with van der Waals surface area (Å²) in [5.74, 6) is -2.58. The van der Waals surface area contributed by atoms with Gasteiger partial charge in [0.05, 0.1) is 0 Å². The summed E-state index contributed by atoms with van der Waals surface area (Å²) in [5, 5.41) is 9.28. The highest BCUT2D eigenvalue weighted by Gasteiger charge is 2.40. The Hall–Kier alpha value is -3.85. The van der Waals surface area contributed by atoms with Crippen LogP contribution in [0.4, 0.5) is 9.18 Å². The summed E-state index contributed by atoms with van der Waals surface area (Å²) in [6.07, 6.45) is 1.73. The number of likely N-dealkylation sites (tertiary alicyclic amines) is 1. The molecule has 3 aromatic carbocycles. The van der Waals surface area contributed by atoms with Crippen LogP contribution in [0.1, 0.15) is 29.8 Å². The largest absolute Gasteiger partial charge is 0.478 e. The molecule has 3 aromatic rings. The lowest BCUT2D eigenvalue weighted by atomic mass is 9.84. The number of thioether (sulfide) groups is 1. The van der Waals surface area contributed by atoms with Crippen molar-refractivity contribution in [3.05, 3.63) is 89.7 Å². The number of rotatable bonds is 9. The summed E-state index contributed by atoms with van der Waals surface area (Å²) in [6, 6.07) is 20.4. The van der Waals surface area contributed by atoms with Crippen LogP contribution in [0.15, 0.2) is 77.7 Å². The van der Waals surface area contributed by atoms with Crippen molar-refractivity contribution in [1.29, 1.82) is 0 Å². The fourth-order valence-corrected chi connectivity index (χ4v) is 4.93. The molecule has 0 radical (unpaired) electrons. The number of aliphatic carboxylic acids is 1. The number of carbonyl (C=O) groups is 3. The number of amides is 1. The van der Waals surface area contributed by atoms with Gasteiger partial charge in [0.25, 0.3) is 0 Å². The third kappa shape index (κ3) is 6.78. The zero-order chi connectivity index (χ0) is 28.2. The van der Waals surface area contributed by atoms with E-state index >= 15 is 0 Å². The topological polar surface area (TPSA) is 93.1 Å². The minimum absolute atomic E-state index is 0.0914. The number of carboxylic acid groups (broad SMARTS) is 1. The molecule has 0 bridgehead atoms. The van der Waals surface area contributed by atoms with Gasteiger partial charge in [-0.1, -0.05) is 36.4 Å². The molecule has 0 aliphatic carbocycles. The van der Waals surface area contributed by atoms with Gasteiger partial charge in [-0.05, 0) is 74.4 Å². The minimum Gasteiger partial charge on any atom is -0.478 e. The summed E-state index contributed by atoms with van der Waals surface area (Å²) in [5.41, 5.74) is -0.449. The van der Waals surface area contributed by atoms with Crippen LogP contribution in [0.2, 0.25) is 0 Å². The van der Waals surface area contributed by atoms with Gasteiger partial charge in [-0.3, -0.25) is 4.79 Å². The number of carbonyl (C=O) groups excluding carboxylic acids is 2. The van der Waals surface area contributed by atoms with E-state index in [1.807, 2.05) is 24.5 Å². The third-order valence-electron chi connectivity index (χ3n) is 6.73. The first kappa shape index (κ1) is 28.2. The average Bonchev–Trinajstić information content (AvgIpc) is 3.34. The fraction of sp³-hybridized carbons (Fsp3) is 0.300. The number of para-hydroxylation sites is 1. The molecule has 204 valence electrons. The molecule has 4 rings (SSSR count). The van der Waals surface area contributed by atoms with E-state index in [2.05, 4.69) is 0 Å². The van der Waals surface area contributed by atoms with Crippen LogP contribution in [-0.4, -0.2) is 52.8 Å². The van der Waals surface area contributed by atoms with Gasteiger partial charge in [0, 0.05) is 29.5 Å². The maximum Gasteiger partial charge on any atom is 0.415 e. The summed E-state index contributed by atoms with van der Waals surface area (Å²) in [4.78, 5) is 40.4. The van der Waals surface area contributed by atoms with Gasteiger partial charge >= 0.3 is 12.1 Å². The monoisotopic (exact) mass is 551 g/mol. The quantitative estimate of drug-likeness (QED) is 0.259. The molecule has 0 spiro atoms. The number of hydrogen-bond acceptors (Lipinski definition) is 6. The number of Topliss-reactive ketones (excluding diaryl/α,β-unsaturated/α-hetero) is 1. The molecule has 1 N–H and O–H groups in total. The van der Waals surface area contributed by atoms with Gasteiger partial charge in [0.15, 0.2) is 23.0 Å². The second-order valence-electron chi connectivity index (χ2n) is 9.93. The van der Waals surface area contributed by atoms with Crippen LogP contribution in [0.3, 0.4) is 0 Å². The minimum atomic E-state index is -1.60. The zero-order valence-electron chi connectivity index (χ0n) is 21.9. The van der Waals surface area contributed by atoms with Crippen molar-refractivity contribution in [2.24, 2.45) is 11.8 Å². The molecule has 1 fully saturated rings. The van der Waals surface area contributed by atoms with E-state index in [9.17, 15) is 23.9 Å². The molecule has 1 aliphatic rings. The highest BCUT2D eigenvalue weighted by atomic mass is 32.2. The molecule has 2 atom stereocenters. The van der Waals surface area contributed by atoms with E-state index in [0.29, 0.717) is 23.3 Å². The van der Waals surface area contributed by atoms with Gasteiger partial charge in [0.1, 0.15) is 5.75 Å². The lowest BCUT2D eigenvalue weighted by Gasteiger charge is -2.22. The van der Waals surface area contributed by atoms with E-state index in [-0.39, 0.29) is 30.5 Å². The van der Waals surface area contributed by atoms with E-state index in [1.54, 1.807) is 54.2 Å². The third-order valence-corrected chi connectivity index (χ3v) is 7.48. The van der Waals surface area contributed by atoms with Gasteiger partial charge in [-0.2, -0.15) is 0 Å². The second-order valence-corrected chi connectivity index (χ2v) is 10.8. The molecular weight excluding hydrogens is 521 g/mol. The summed E-state index contributed by atoms with van der Waals surface area (Å²) >= 11 is 1.58. The Balaban J connectivity index is 1.55. The standard InChI is InChI=1S/C30H30FNO6S/c1-30(2,28(34)35)38-26-14-9-19(16-25(26)31)15-21-17-32(29(36)37-22-7-5-4-6-8-22)18-24(21)27(33)20-10-12-23(39-3)13-11-20/h4-14,16,21,24H,15,17-18H2,1-3H3,(H,34,35)/t21-,24-/m1/s1. The van der Waals surface area contributed by atoms with Crippen LogP contribution in [0, 0.1) is 17.7 Å². The van der Waals surface area contributed by atoms with Gasteiger partial charge in [-0.15, -0.1) is 11.8 Å². The van der Waals surface area contributed by atoms with Crippen molar-refractivity contribution >= 4 is 29.6 Å². The Morgan fingerprint density at radius 1 is 1.03 bits per heavy atom. The molecule has 7 nitrogen and oxygen atoms in total. The molecule has 9 heteroatoms. The first-order chi connectivity index (χ1) is 18.6. The number of nitrogens with zero attached hydrogens (tertiary/aromatic N) is 1. The average molecular weight is 552 g/mol. The fourth-order valence-electron chi connectivity index (χ4n) is 4.52. The molecule has 1 amide bonds. The lowest BCUT2D eigenvalue weighted by molar-refractivity contribution is -0.152. The van der Waals surface area contributed by atoms with E-state index in [0.717, 1.165) is 4.90 Å². The highest BCUT2D eigenvalue weighted by Crippen LogP contribution is 2.32. The van der Waals surface area contributed by atoms with Crippen LogP contribution >= 0.6 is 11.8 Å². The maximum atomic E-state index is 14.9. The van der Waals surface area contributed by atoms with Gasteiger partial charge in [-0.25, -0.2) is 14.0 Å². The molecule has 0 aromatic heterocycles. The van der Waals surface area contributed by atoms with E-state index in [1.165, 1.54) is 30.9 Å². The Labute approximate surface area is 230 Å². The van der Waals surface area contributed by atoms with Crippen molar-refractivity contribution < 1.29 is 33.4 Å². The van der Waals surface area contributed by atoms with Crippen molar-refractivity contribution in [2.75, 3.05) is 19.3 Å². The number of halogens is 1. The van der Waals surface area contributed by atoms with Crippen molar-refractivity contribution in [3.8, 4) is 11.5 Å². The van der Waals surface area contributed by atoms with Crippen molar-refractivity contribution in [3.63, 3.8) is 0 Å². The van der Waals surface area contributed by atoms with Crippen LogP contribution in [0.25, 0.3) is 0 Å². The van der Waals surface area contributed by atoms with Crippen LogP contribution < -0.4 is 9.47 Å². The second kappa shape index (κ2) is 11.9. The number of ketones is 1. The molecular formula is C30H30FNO6S. The van der Waals surface area contributed by atoms with E-state index in [4.69, 9.17) is 9.47 Å². The number of hydrogen-bond donors (Lipinski definition) is 1. The van der Waals surface area contributed by atoms with Gasteiger partial charge in [0.2, 0.25) is 0 Å². The Kier molecular flexibility index (Phi) is 8.60. The highest BCUT2D eigenvalue weighted by molar-refractivity contribution is 7.98.